The van der Waals surface area contributed by atoms with Crippen molar-refractivity contribution in [1.82, 2.24) is 14.6 Å². The highest BCUT2D eigenvalue weighted by Crippen LogP contribution is 2.21. The molecule has 86 valence electrons. The largest absolute Gasteiger partial charge is 0.397 e. The lowest BCUT2D eigenvalue weighted by atomic mass is 10.0. The van der Waals surface area contributed by atoms with Crippen LogP contribution in [0.15, 0.2) is 12.3 Å². The number of hydrogen-bond acceptors (Lipinski definition) is 3. The van der Waals surface area contributed by atoms with Gasteiger partial charge in [-0.3, -0.25) is 0 Å². The molecular weight excluding hydrogens is 200 g/mol. The second kappa shape index (κ2) is 4.12. The fourth-order valence-electron chi connectivity index (χ4n) is 2.02. The molecule has 0 aromatic carbocycles. The Morgan fingerprint density at radius 3 is 2.69 bits per heavy atom. The number of hydrogen-bond donors (Lipinski definition) is 1. The zero-order valence-electron chi connectivity index (χ0n) is 10.1. The summed E-state index contributed by atoms with van der Waals surface area (Å²) in [5.74, 6) is 1.37. The summed E-state index contributed by atoms with van der Waals surface area (Å²) in [6.45, 7) is 6.35. The number of nitrogen functional groups attached to an aromatic ring is 1. The summed E-state index contributed by atoms with van der Waals surface area (Å²) in [6, 6.07) is 1.93. The van der Waals surface area contributed by atoms with E-state index in [1.54, 1.807) is 4.52 Å². The Balaban J connectivity index is 2.55. The molecule has 2 rings (SSSR count). The van der Waals surface area contributed by atoms with E-state index in [9.17, 15) is 0 Å². The minimum absolute atomic E-state index is 0.445. The molecule has 0 saturated carbocycles. The number of aromatic nitrogens is 3. The molecule has 0 saturated heterocycles. The van der Waals surface area contributed by atoms with E-state index in [1.807, 2.05) is 19.2 Å². The third-order valence-electron chi connectivity index (χ3n) is 3.01. The number of aryl methyl sites for hydroxylation is 1. The molecule has 0 radical (unpaired) electrons. The van der Waals surface area contributed by atoms with Crippen LogP contribution in [0.5, 0.6) is 0 Å². The lowest BCUT2D eigenvalue weighted by Crippen LogP contribution is -1.98. The van der Waals surface area contributed by atoms with E-state index >= 15 is 0 Å². The van der Waals surface area contributed by atoms with Crippen LogP contribution < -0.4 is 5.73 Å². The molecule has 0 bridgehead atoms. The fraction of sp³-hybridized carbons (Fsp3) is 0.500. The van der Waals surface area contributed by atoms with Crippen LogP contribution in [0.2, 0.25) is 0 Å². The smallest absolute Gasteiger partial charge is 0.158 e. The first-order valence-corrected chi connectivity index (χ1v) is 5.78. The Labute approximate surface area is 95.5 Å². The predicted octanol–water partition coefficient (Wildman–Crippen LogP) is 2.52. The van der Waals surface area contributed by atoms with Gasteiger partial charge in [0.15, 0.2) is 11.5 Å². The average molecular weight is 218 g/mol. The van der Waals surface area contributed by atoms with Crippen LogP contribution in [-0.2, 0) is 0 Å². The fourth-order valence-corrected chi connectivity index (χ4v) is 2.02. The van der Waals surface area contributed by atoms with Gasteiger partial charge < -0.3 is 5.73 Å². The third-order valence-corrected chi connectivity index (χ3v) is 3.01. The predicted molar refractivity (Wildman–Crippen MR) is 65.5 cm³/mol. The minimum atomic E-state index is 0.445. The highest BCUT2D eigenvalue weighted by Gasteiger charge is 2.14. The lowest BCUT2D eigenvalue weighted by Gasteiger charge is -2.05. The first kappa shape index (κ1) is 10.9. The van der Waals surface area contributed by atoms with E-state index in [2.05, 4.69) is 23.9 Å². The summed E-state index contributed by atoms with van der Waals surface area (Å²) in [4.78, 5) is 4.59. The molecule has 0 aliphatic heterocycles. The standard InChI is InChI=1S/C12H18N4/c1-4-9(5-2)11-14-12-8(3)6-10(13)7-16(12)15-11/h6-7,9H,4-5,13H2,1-3H3. The van der Waals surface area contributed by atoms with Gasteiger partial charge >= 0.3 is 0 Å². The molecule has 0 unspecified atom stereocenters. The minimum Gasteiger partial charge on any atom is -0.397 e. The van der Waals surface area contributed by atoms with Crippen molar-refractivity contribution in [3.8, 4) is 0 Å². The number of nitrogens with two attached hydrogens (primary N) is 1. The van der Waals surface area contributed by atoms with Gasteiger partial charge in [0, 0.05) is 5.92 Å². The van der Waals surface area contributed by atoms with Crippen LogP contribution in [0.3, 0.4) is 0 Å². The lowest BCUT2D eigenvalue weighted by molar-refractivity contribution is 0.601. The van der Waals surface area contributed by atoms with E-state index in [-0.39, 0.29) is 0 Å². The van der Waals surface area contributed by atoms with Crippen molar-refractivity contribution in [1.29, 1.82) is 0 Å². The second-order valence-corrected chi connectivity index (χ2v) is 4.21. The second-order valence-electron chi connectivity index (χ2n) is 4.21. The summed E-state index contributed by atoms with van der Waals surface area (Å²) in [6.07, 6.45) is 3.96. The molecule has 2 N–H and O–H groups in total. The van der Waals surface area contributed by atoms with Crippen molar-refractivity contribution in [2.75, 3.05) is 5.73 Å². The quantitative estimate of drug-likeness (QED) is 0.861. The van der Waals surface area contributed by atoms with Gasteiger partial charge in [0.2, 0.25) is 0 Å². The SMILES string of the molecule is CCC(CC)c1nc2c(C)cc(N)cn2n1. The molecule has 2 aromatic rings. The average Bonchev–Trinajstić information content (AvgIpc) is 2.63. The summed E-state index contributed by atoms with van der Waals surface area (Å²) in [5, 5.41) is 4.50. The maximum atomic E-state index is 5.79. The zero-order chi connectivity index (χ0) is 11.7. The maximum absolute atomic E-state index is 5.79. The van der Waals surface area contributed by atoms with Crippen molar-refractivity contribution in [3.05, 3.63) is 23.7 Å². The third kappa shape index (κ3) is 1.75. The molecule has 2 aromatic heterocycles. The number of pyridine rings is 1. The molecule has 0 spiro atoms. The molecular formula is C12H18N4. The van der Waals surface area contributed by atoms with E-state index in [4.69, 9.17) is 5.73 Å². The molecule has 0 atom stereocenters. The van der Waals surface area contributed by atoms with E-state index in [0.29, 0.717) is 5.92 Å². The van der Waals surface area contributed by atoms with Crippen molar-refractivity contribution >= 4 is 11.3 Å². The van der Waals surface area contributed by atoms with Crippen molar-refractivity contribution in [3.63, 3.8) is 0 Å². The number of rotatable bonds is 3. The van der Waals surface area contributed by atoms with Crippen molar-refractivity contribution < 1.29 is 0 Å². The van der Waals surface area contributed by atoms with E-state index in [0.717, 1.165) is 35.6 Å². The Morgan fingerprint density at radius 2 is 2.06 bits per heavy atom. The number of fused-ring (bicyclic) bond motifs is 1. The number of anilines is 1. The number of nitrogens with zero attached hydrogens (tertiary/aromatic N) is 3. The summed E-state index contributed by atoms with van der Waals surface area (Å²) in [5.41, 5.74) is 8.50. The normalized spacial score (nSPS) is 11.5. The Bertz CT molecular complexity index is 497. The van der Waals surface area contributed by atoms with Gasteiger partial charge in [-0.15, -0.1) is 0 Å². The van der Waals surface area contributed by atoms with Crippen LogP contribution in [0, 0.1) is 6.92 Å². The van der Waals surface area contributed by atoms with E-state index < -0.39 is 0 Å². The van der Waals surface area contributed by atoms with Crippen molar-refractivity contribution in [2.45, 2.75) is 39.5 Å². The highest BCUT2D eigenvalue weighted by atomic mass is 15.3. The first-order valence-electron chi connectivity index (χ1n) is 5.78. The van der Waals surface area contributed by atoms with Crippen molar-refractivity contribution in [2.24, 2.45) is 0 Å². The first-order chi connectivity index (χ1) is 7.65. The van der Waals surface area contributed by atoms with Crippen LogP contribution in [0.4, 0.5) is 5.69 Å². The molecule has 16 heavy (non-hydrogen) atoms. The van der Waals surface area contributed by atoms with Gasteiger partial charge in [-0.25, -0.2) is 9.50 Å². The summed E-state index contributed by atoms with van der Waals surface area (Å²) >= 11 is 0. The van der Waals surface area contributed by atoms with Gasteiger partial charge in [-0.1, -0.05) is 13.8 Å². The summed E-state index contributed by atoms with van der Waals surface area (Å²) in [7, 11) is 0. The molecule has 2 heterocycles. The van der Waals surface area contributed by atoms with Crippen LogP contribution in [0.1, 0.15) is 44.0 Å². The highest BCUT2D eigenvalue weighted by molar-refractivity contribution is 5.53. The van der Waals surface area contributed by atoms with Gasteiger partial charge in [0.05, 0.1) is 11.9 Å². The Morgan fingerprint density at radius 1 is 1.38 bits per heavy atom. The van der Waals surface area contributed by atoms with Gasteiger partial charge in [-0.2, -0.15) is 5.10 Å². The Hall–Kier alpha value is -1.58. The Kier molecular flexibility index (Phi) is 2.81. The zero-order valence-corrected chi connectivity index (χ0v) is 10.1. The molecule has 0 aliphatic rings. The molecule has 0 aliphatic carbocycles. The van der Waals surface area contributed by atoms with Crippen LogP contribution >= 0.6 is 0 Å². The molecule has 4 nitrogen and oxygen atoms in total. The molecule has 0 amide bonds. The van der Waals surface area contributed by atoms with E-state index in [1.165, 1.54) is 0 Å². The monoisotopic (exact) mass is 218 g/mol. The van der Waals surface area contributed by atoms with Crippen LogP contribution in [0.25, 0.3) is 5.65 Å². The maximum Gasteiger partial charge on any atom is 0.158 e. The van der Waals surface area contributed by atoms with Crippen LogP contribution in [-0.4, -0.2) is 14.6 Å². The van der Waals surface area contributed by atoms with Gasteiger partial charge in [-0.05, 0) is 31.4 Å². The topological polar surface area (TPSA) is 56.2 Å². The summed E-state index contributed by atoms with van der Waals surface area (Å²) < 4.78 is 1.79. The van der Waals surface area contributed by atoms with Gasteiger partial charge in [0.25, 0.3) is 0 Å². The molecule has 0 fully saturated rings. The van der Waals surface area contributed by atoms with Gasteiger partial charge in [0.1, 0.15) is 0 Å². The molecule has 4 heteroatoms.